The van der Waals surface area contributed by atoms with Gasteiger partial charge in [0, 0.05) is 24.9 Å². The smallest absolute Gasteiger partial charge is 0.220 e. The molecule has 0 bridgehead atoms. The van der Waals surface area contributed by atoms with Crippen LogP contribution in [-0.4, -0.2) is 54.5 Å². The third kappa shape index (κ3) is 7.11. The fourth-order valence-corrected chi connectivity index (χ4v) is 4.10. The summed E-state index contributed by atoms with van der Waals surface area (Å²) in [4.78, 5) is 27.2. The van der Waals surface area contributed by atoms with Gasteiger partial charge in [-0.3, -0.25) is 9.59 Å². The molecule has 0 spiro atoms. The number of hydrogen-bond donors (Lipinski definition) is 2. The molecule has 7 heteroatoms. The summed E-state index contributed by atoms with van der Waals surface area (Å²) in [6.07, 6.45) is 1.98. The maximum atomic E-state index is 14.0. The molecule has 3 rings (SSSR count). The van der Waals surface area contributed by atoms with Gasteiger partial charge in [0.2, 0.25) is 5.91 Å². The average molecular weight is 457 g/mol. The van der Waals surface area contributed by atoms with Crippen LogP contribution in [-0.2, 0) is 4.79 Å². The van der Waals surface area contributed by atoms with Gasteiger partial charge >= 0.3 is 0 Å². The highest BCUT2D eigenvalue weighted by atomic mass is 19.1. The number of carbonyl (C=O) groups excluding carboxylic acids is 2. The quantitative estimate of drug-likeness (QED) is 0.503. The normalized spacial score (nSPS) is 15.8. The van der Waals surface area contributed by atoms with Crippen molar-refractivity contribution in [2.75, 3.05) is 26.7 Å². The number of aliphatic hydroxyl groups excluding tert-OH is 1. The zero-order valence-corrected chi connectivity index (χ0v) is 19.4. The van der Waals surface area contributed by atoms with E-state index >= 15 is 0 Å². The van der Waals surface area contributed by atoms with Gasteiger partial charge in [-0.15, -0.1) is 0 Å². The highest BCUT2D eigenvalue weighted by Gasteiger charge is 2.27. The minimum absolute atomic E-state index is 0.0331. The van der Waals surface area contributed by atoms with Crippen LogP contribution in [0.25, 0.3) is 0 Å². The van der Waals surface area contributed by atoms with E-state index in [9.17, 15) is 19.1 Å². The Hall–Kier alpha value is -2.77. The van der Waals surface area contributed by atoms with E-state index in [1.165, 1.54) is 6.07 Å². The van der Waals surface area contributed by atoms with Crippen molar-refractivity contribution < 1.29 is 23.8 Å². The fourth-order valence-electron chi connectivity index (χ4n) is 4.10. The second-order valence-electron chi connectivity index (χ2n) is 8.64. The predicted octanol–water partition coefficient (Wildman–Crippen LogP) is 3.81. The highest BCUT2D eigenvalue weighted by molar-refractivity contribution is 5.96. The van der Waals surface area contributed by atoms with Gasteiger partial charge < -0.3 is 20.1 Å². The zero-order valence-electron chi connectivity index (χ0n) is 19.4. The number of carbonyl (C=O) groups is 2. The molecule has 2 N–H and O–H groups in total. The number of ether oxygens (including phenoxy) is 1. The van der Waals surface area contributed by atoms with E-state index in [4.69, 9.17) is 4.74 Å². The van der Waals surface area contributed by atoms with E-state index in [0.717, 1.165) is 25.9 Å². The van der Waals surface area contributed by atoms with Crippen molar-refractivity contribution >= 4 is 11.7 Å². The van der Waals surface area contributed by atoms with E-state index in [-0.39, 0.29) is 30.3 Å². The standard InChI is InChI=1S/C26H33FN2O4/c1-18-8-9-20(16-22(18)27)26(32)23(17-29-14-3-4-15-29)28-25(31)7-5-6-24(30)19-10-12-21(33-2)13-11-19/h8-13,16,23,26,32H,3-7,14-15,17H2,1-2H3,(H,28,31)/t23-,26-/m1/s1. The summed E-state index contributed by atoms with van der Waals surface area (Å²) in [7, 11) is 1.57. The second kappa shape index (κ2) is 11.9. The average Bonchev–Trinajstić information content (AvgIpc) is 3.33. The molecular weight excluding hydrogens is 423 g/mol. The number of Topliss-reactive ketones (excluding diaryl/α,β-unsaturated/α-hetero) is 1. The van der Waals surface area contributed by atoms with Crippen molar-refractivity contribution in [1.82, 2.24) is 10.2 Å². The largest absolute Gasteiger partial charge is 0.497 e. The second-order valence-corrected chi connectivity index (χ2v) is 8.64. The minimum atomic E-state index is -1.02. The molecule has 1 fully saturated rings. The molecule has 6 nitrogen and oxygen atoms in total. The van der Waals surface area contributed by atoms with Gasteiger partial charge in [-0.05, 0) is 80.7 Å². The predicted molar refractivity (Wildman–Crippen MR) is 125 cm³/mol. The van der Waals surface area contributed by atoms with Gasteiger partial charge in [0.25, 0.3) is 0 Å². The summed E-state index contributed by atoms with van der Waals surface area (Å²) in [6.45, 7) is 3.99. The number of benzene rings is 2. The molecule has 0 radical (unpaired) electrons. The van der Waals surface area contributed by atoms with E-state index in [2.05, 4.69) is 10.2 Å². The number of rotatable bonds is 11. The summed E-state index contributed by atoms with van der Waals surface area (Å²) >= 11 is 0. The molecule has 0 aliphatic carbocycles. The lowest BCUT2D eigenvalue weighted by atomic mass is 9.99. The maximum absolute atomic E-state index is 14.0. The SMILES string of the molecule is COc1ccc(C(=O)CCCC(=O)N[C@H](CN2CCCC2)[C@H](O)c2ccc(C)c(F)c2)cc1. The van der Waals surface area contributed by atoms with Crippen LogP contribution in [0.1, 0.15) is 59.7 Å². The van der Waals surface area contributed by atoms with Gasteiger partial charge in [0.05, 0.1) is 13.2 Å². The lowest BCUT2D eigenvalue weighted by Crippen LogP contribution is -2.46. The number of amides is 1. The van der Waals surface area contributed by atoms with Crippen LogP contribution in [0.2, 0.25) is 0 Å². The molecule has 178 valence electrons. The highest BCUT2D eigenvalue weighted by Crippen LogP contribution is 2.22. The first-order valence-corrected chi connectivity index (χ1v) is 11.5. The van der Waals surface area contributed by atoms with Crippen molar-refractivity contribution in [2.45, 2.75) is 51.2 Å². The Morgan fingerprint density at radius 2 is 1.82 bits per heavy atom. The molecule has 1 saturated heterocycles. The van der Waals surface area contributed by atoms with Crippen LogP contribution in [0, 0.1) is 12.7 Å². The Morgan fingerprint density at radius 1 is 1.12 bits per heavy atom. The molecule has 33 heavy (non-hydrogen) atoms. The molecule has 1 amide bonds. The molecule has 1 heterocycles. The van der Waals surface area contributed by atoms with Gasteiger partial charge in [0.1, 0.15) is 17.7 Å². The van der Waals surface area contributed by atoms with Crippen LogP contribution in [0.5, 0.6) is 5.75 Å². The number of halogens is 1. The third-order valence-corrected chi connectivity index (χ3v) is 6.14. The monoisotopic (exact) mass is 456 g/mol. The molecule has 2 aromatic carbocycles. The maximum Gasteiger partial charge on any atom is 0.220 e. The number of ketones is 1. The first-order chi connectivity index (χ1) is 15.9. The van der Waals surface area contributed by atoms with Crippen LogP contribution >= 0.6 is 0 Å². The third-order valence-electron chi connectivity index (χ3n) is 6.14. The van der Waals surface area contributed by atoms with Crippen LogP contribution < -0.4 is 10.1 Å². The van der Waals surface area contributed by atoms with Crippen LogP contribution in [0.4, 0.5) is 4.39 Å². The minimum Gasteiger partial charge on any atom is -0.497 e. The van der Waals surface area contributed by atoms with Crippen molar-refractivity contribution in [1.29, 1.82) is 0 Å². The number of aryl methyl sites for hydroxylation is 1. The Morgan fingerprint density at radius 3 is 2.45 bits per heavy atom. The van der Waals surface area contributed by atoms with E-state index in [1.54, 1.807) is 50.4 Å². The number of nitrogens with zero attached hydrogens (tertiary/aromatic N) is 1. The first-order valence-electron chi connectivity index (χ1n) is 11.5. The van der Waals surface area contributed by atoms with Crippen molar-refractivity contribution in [3.63, 3.8) is 0 Å². The first kappa shape index (κ1) is 24.9. The molecule has 0 aromatic heterocycles. The molecule has 2 aromatic rings. The Balaban J connectivity index is 1.56. The van der Waals surface area contributed by atoms with Crippen molar-refractivity contribution in [3.05, 3.63) is 65.0 Å². The Bertz CT molecular complexity index is 942. The zero-order chi connectivity index (χ0) is 23.8. The molecule has 1 aliphatic rings. The van der Waals surface area contributed by atoms with Crippen molar-refractivity contribution in [2.24, 2.45) is 0 Å². The molecule has 0 unspecified atom stereocenters. The van der Waals surface area contributed by atoms with E-state index in [1.807, 2.05) is 0 Å². The number of hydrogen-bond acceptors (Lipinski definition) is 5. The number of likely N-dealkylation sites (tertiary alicyclic amines) is 1. The summed E-state index contributed by atoms with van der Waals surface area (Å²) in [5.41, 5.74) is 1.53. The van der Waals surface area contributed by atoms with Gasteiger partial charge in [-0.2, -0.15) is 0 Å². The van der Waals surface area contributed by atoms with E-state index in [0.29, 0.717) is 35.4 Å². The van der Waals surface area contributed by atoms with Crippen LogP contribution in [0.3, 0.4) is 0 Å². The topological polar surface area (TPSA) is 78.9 Å². The number of methoxy groups -OCH3 is 1. The molecule has 2 atom stereocenters. The Labute approximate surface area is 194 Å². The lowest BCUT2D eigenvalue weighted by molar-refractivity contribution is -0.123. The molecular formula is C26H33FN2O4. The molecule has 1 aliphatic heterocycles. The summed E-state index contributed by atoms with van der Waals surface area (Å²) < 4.78 is 19.1. The van der Waals surface area contributed by atoms with Crippen LogP contribution in [0.15, 0.2) is 42.5 Å². The number of aliphatic hydroxyl groups is 1. The summed E-state index contributed by atoms with van der Waals surface area (Å²) in [6, 6.07) is 11.0. The fraction of sp³-hybridized carbons (Fsp3) is 0.462. The van der Waals surface area contributed by atoms with Gasteiger partial charge in [-0.25, -0.2) is 4.39 Å². The molecule has 0 saturated carbocycles. The lowest BCUT2D eigenvalue weighted by Gasteiger charge is -2.29. The summed E-state index contributed by atoms with van der Waals surface area (Å²) in [5, 5.41) is 13.9. The van der Waals surface area contributed by atoms with Gasteiger partial charge in [-0.1, -0.05) is 12.1 Å². The summed E-state index contributed by atoms with van der Waals surface area (Å²) in [5.74, 6) is 0.0411. The Kier molecular flexibility index (Phi) is 8.97. The van der Waals surface area contributed by atoms with Crippen molar-refractivity contribution in [3.8, 4) is 5.75 Å². The van der Waals surface area contributed by atoms with Gasteiger partial charge in [0.15, 0.2) is 5.78 Å². The number of nitrogens with one attached hydrogen (secondary N) is 1. The van der Waals surface area contributed by atoms with E-state index < -0.39 is 12.1 Å².